The molecule has 132 valence electrons. The molecule has 5 heteroatoms. The van der Waals surface area contributed by atoms with Crippen molar-refractivity contribution >= 4 is 12.0 Å². The summed E-state index contributed by atoms with van der Waals surface area (Å²) in [5.41, 5.74) is 0.417. The Labute approximate surface area is 143 Å². The van der Waals surface area contributed by atoms with Crippen LogP contribution in [-0.2, 0) is 9.53 Å². The highest BCUT2D eigenvalue weighted by molar-refractivity contribution is 5.92. The monoisotopic (exact) mass is 333 g/mol. The zero-order valence-corrected chi connectivity index (χ0v) is 15.3. The molecule has 0 aliphatic heterocycles. The van der Waals surface area contributed by atoms with Crippen LogP contribution in [0.5, 0.6) is 11.5 Å². The van der Waals surface area contributed by atoms with Crippen molar-refractivity contribution in [3.05, 3.63) is 29.8 Å². The van der Waals surface area contributed by atoms with Crippen molar-refractivity contribution in [3.63, 3.8) is 0 Å². The van der Waals surface area contributed by atoms with E-state index < -0.39 is 0 Å². The van der Waals surface area contributed by atoms with Crippen LogP contribution in [0.1, 0.15) is 32.8 Å². The summed E-state index contributed by atoms with van der Waals surface area (Å²) in [6.07, 6.45) is 4.04. The van der Waals surface area contributed by atoms with Crippen molar-refractivity contribution in [1.82, 2.24) is 4.90 Å². The van der Waals surface area contributed by atoms with Gasteiger partial charge in [0.2, 0.25) is 5.91 Å². The van der Waals surface area contributed by atoms with Gasteiger partial charge < -0.3 is 19.5 Å². The van der Waals surface area contributed by atoms with E-state index in [1.54, 1.807) is 36.3 Å². The molecule has 0 spiro atoms. The van der Waals surface area contributed by atoms with Crippen molar-refractivity contribution in [1.29, 1.82) is 0 Å². The van der Waals surface area contributed by atoms with Gasteiger partial charge in [-0.2, -0.15) is 0 Å². The third-order valence-corrected chi connectivity index (χ3v) is 5.67. The van der Waals surface area contributed by atoms with Crippen molar-refractivity contribution in [2.75, 3.05) is 21.3 Å². The number of phenolic OH excluding ortho intramolecular Hbond substituents is 1. The minimum absolute atomic E-state index is 0.0523. The van der Waals surface area contributed by atoms with Gasteiger partial charge >= 0.3 is 0 Å². The zero-order valence-electron chi connectivity index (χ0n) is 15.3. The molecule has 24 heavy (non-hydrogen) atoms. The molecule has 2 unspecified atom stereocenters. The molecule has 0 aromatic heterocycles. The number of benzene rings is 1. The van der Waals surface area contributed by atoms with E-state index in [9.17, 15) is 9.90 Å². The minimum atomic E-state index is -0.211. The third kappa shape index (κ3) is 3.00. The number of phenols is 1. The van der Waals surface area contributed by atoms with Crippen LogP contribution in [0.3, 0.4) is 0 Å². The molecule has 1 saturated carbocycles. The molecular formula is C19H27NO4. The topological polar surface area (TPSA) is 59.0 Å². The van der Waals surface area contributed by atoms with Gasteiger partial charge in [0.05, 0.1) is 12.7 Å². The minimum Gasteiger partial charge on any atom is -0.504 e. The molecule has 1 fully saturated rings. The number of hydrogen-bond donors (Lipinski definition) is 1. The third-order valence-electron chi connectivity index (χ3n) is 5.67. The smallest absolute Gasteiger partial charge is 0.246 e. The first-order chi connectivity index (χ1) is 11.2. The Hall–Kier alpha value is -2.01. The number of aromatic hydroxyl groups is 1. The maximum atomic E-state index is 12.5. The average Bonchev–Trinajstić information content (AvgIpc) is 2.56. The van der Waals surface area contributed by atoms with Crippen LogP contribution in [0.2, 0.25) is 0 Å². The zero-order chi connectivity index (χ0) is 18.1. The Balaban J connectivity index is 2.06. The number of carbonyl (C=O) groups is 1. The standard InChI is InChI=1S/C19H27NO4/c1-18(2)16(12-19(18,3)24-6)20(4)17(22)10-8-13-7-9-15(23-5)14(21)11-13/h7-11,16,21H,12H2,1-6H3/b10-8+. The van der Waals surface area contributed by atoms with E-state index >= 15 is 0 Å². The number of nitrogens with zero attached hydrogens (tertiary/aromatic N) is 1. The van der Waals surface area contributed by atoms with Gasteiger partial charge in [0.15, 0.2) is 11.5 Å². The van der Waals surface area contributed by atoms with Crippen LogP contribution in [0.15, 0.2) is 24.3 Å². The van der Waals surface area contributed by atoms with Crippen LogP contribution in [0.25, 0.3) is 6.08 Å². The second-order valence-electron chi connectivity index (χ2n) is 7.09. The number of carbonyl (C=O) groups excluding carboxylic acids is 1. The van der Waals surface area contributed by atoms with Gasteiger partial charge in [-0.3, -0.25) is 4.79 Å². The van der Waals surface area contributed by atoms with Gasteiger partial charge in [-0.15, -0.1) is 0 Å². The Bertz CT molecular complexity index is 653. The molecule has 1 aliphatic carbocycles. The molecule has 1 aromatic rings. The number of hydrogen-bond acceptors (Lipinski definition) is 4. The summed E-state index contributed by atoms with van der Waals surface area (Å²) in [6.45, 7) is 6.33. The van der Waals surface area contributed by atoms with Crippen LogP contribution in [0, 0.1) is 5.41 Å². The highest BCUT2D eigenvalue weighted by Crippen LogP contribution is 2.53. The van der Waals surface area contributed by atoms with Gasteiger partial charge in [-0.05, 0) is 37.1 Å². The molecule has 1 aliphatic rings. The molecule has 0 bridgehead atoms. The Morgan fingerprint density at radius 2 is 2.00 bits per heavy atom. The lowest BCUT2D eigenvalue weighted by atomic mass is 9.55. The molecule has 1 aromatic carbocycles. The first kappa shape index (κ1) is 18.3. The van der Waals surface area contributed by atoms with E-state index in [4.69, 9.17) is 9.47 Å². The summed E-state index contributed by atoms with van der Waals surface area (Å²) < 4.78 is 10.6. The number of amides is 1. The molecule has 0 heterocycles. The van der Waals surface area contributed by atoms with Crippen molar-refractivity contribution < 1.29 is 19.4 Å². The first-order valence-corrected chi connectivity index (χ1v) is 8.03. The highest BCUT2D eigenvalue weighted by Gasteiger charge is 2.59. The van der Waals surface area contributed by atoms with Crippen molar-refractivity contribution in [2.24, 2.45) is 5.41 Å². The molecule has 5 nitrogen and oxygen atoms in total. The second-order valence-corrected chi connectivity index (χ2v) is 7.09. The van der Waals surface area contributed by atoms with Crippen molar-refractivity contribution in [2.45, 2.75) is 38.8 Å². The number of ether oxygens (including phenoxy) is 2. The predicted octanol–water partition coefficient (Wildman–Crippen LogP) is 3.08. The van der Waals surface area contributed by atoms with Gasteiger partial charge in [0, 0.05) is 31.7 Å². The van der Waals surface area contributed by atoms with Crippen molar-refractivity contribution in [3.8, 4) is 11.5 Å². The van der Waals surface area contributed by atoms with E-state index in [0.717, 1.165) is 12.0 Å². The summed E-state index contributed by atoms with van der Waals surface area (Å²) in [5, 5.41) is 9.79. The number of methoxy groups -OCH3 is 2. The number of likely N-dealkylation sites (N-methyl/N-ethyl adjacent to an activating group) is 1. The Morgan fingerprint density at radius 1 is 1.33 bits per heavy atom. The molecule has 2 rings (SSSR count). The average molecular weight is 333 g/mol. The lowest BCUT2D eigenvalue weighted by Crippen LogP contribution is -2.68. The van der Waals surface area contributed by atoms with E-state index in [1.807, 2.05) is 7.05 Å². The quantitative estimate of drug-likeness (QED) is 0.841. The molecule has 0 saturated heterocycles. The summed E-state index contributed by atoms with van der Waals surface area (Å²) in [6, 6.07) is 5.15. The fourth-order valence-corrected chi connectivity index (χ4v) is 3.33. The van der Waals surface area contributed by atoms with Gasteiger partial charge in [-0.1, -0.05) is 19.9 Å². The molecule has 1 amide bonds. The summed E-state index contributed by atoms with van der Waals surface area (Å²) in [4.78, 5) is 14.2. The van der Waals surface area contributed by atoms with Gasteiger partial charge in [0.1, 0.15) is 0 Å². The van der Waals surface area contributed by atoms with E-state index in [1.165, 1.54) is 13.2 Å². The summed E-state index contributed by atoms with van der Waals surface area (Å²) in [5.74, 6) is 0.392. The lowest BCUT2D eigenvalue weighted by molar-refractivity contribution is -0.205. The maximum absolute atomic E-state index is 12.5. The van der Waals surface area contributed by atoms with Crippen LogP contribution in [0.4, 0.5) is 0 Å². The van der Waals surface area contributed by atoms with Gasteiger partial charge in [-0.25, -0.2) is 0 Å². The van der Waals surface area contributed by atoms with Gasteiger partial charge in [0.25, 0.3) is 0 Å². The molecular weight excluding hydrogens is 306 g/mol. The van der Waals surface area contributed by atoms with E-state index in [0.29, 0.717) is 5.75 Å². The lowest BCUT2D eigenvalue weighted by Gasteiger charge is -2.61. The van der Waals surface area contributed by atoms with Crippen LogP contribution in [-0.4, -0.2) is 48.8 Å². The largest absolute Gasteiger partial charge is 0.504 e. The predicted molar refractivity (Wildman–Crippen MR) is 94.1 cm³/mol. The molecule has 2 atom stereocenters. The molecule has 0 radical (unpaired) electrons. The molecule has 1 N–H and O–H groups in total. The van der Waals surface area contributed by atoms with Crippen LogP contribution < -0.4 is 4.74 Å². The SMILES string of the molecule is COc1ccc(/C=C/C(=O)N(C)C2CC(C)(OC)C2(C)C)cc1O. The second kappa shape index (κ2) is 6.48. The highest BCUT2D eigenvalue weighted by atomic mass is 16.5. The Kier molecular flexibility index (Phi) is 4.95. The Morgan fingerprint density at radius 3 is 2.50 bits per heavy atom. The normalized spacial score (nSPS) is 25.3. The fraction of sp³-hybridized carbons (Fsp3) is 0.526. The number of rotatable bonds is 5. The summed E-state index contributed by atoms with van der Waals surface area (Å²) >= 11 is 0. The van der Waals surface area contributed by atoms with E-state index in [2.05, 4.69) is 20.8 Å². The first-order valence-electron chi connectivity index (χ1n) is 8.03. The summed E-state index contributed by atoms with van der Waals surface area (Å²) in [7, 11) is 5.03. The van der Waals surface area contributed by atoms with Crippen LogP contribution >= 0.6 is 0 Å². The maximum Gasteiger partial charge on any atom is 0.246 e. The fourth-order valence-electron chi connectivity index (χ4n) is 3.33. The van der Waals surface area contributed by atoms with E-state index in [-0.39, 0.29) is 28.7 Å².